The van der Waals surface area contributed by atoms with Crippen LogP contribution in [-0.2, 0) is 0 Å². The molecule has 0 heteroatoms. The molecule has 0 unspecified atom stereocenters. The van der Waals surface area contributed by atoms with Crippen molar-refractivity contribution in [3.8, 4) is 33.4 Å². The van der Waals surface area contributed by atoms with E-state index in [1.165, 1.54) is 76.8 Å². The number of allylic oxidation sites excluding steroid dienone is 6. The smallest absolute Gasteiger partial charge is 0.00259 e. The highest BCUT2D eigenvalue weighted by Gasteiger charge is 2.18. The van der Waals surface area contributed by atoms with Crippen molar-refractivity contribution in [1.82, 2.24) is 0 Å². The van der Waals surface area contributed by atoms with Crippen LogP contribution in [-0.4, -0.2) is 0 Å². The maximum atomic E-state index is 2.40. The minimum Gasteiger partial charge on any atom is -0.0807 e. The normalized spacial score (nSPS) is 13.0. The lowest BCUT2D eigenvalue weighted by Crippen LogP contribution is -1.92. The van der Waals surface area contributed by atoms with Gasteiger partial charge in [-0.2, -0.15) is 0 Å². The molecule has 0 amide bonds. The van der Waals surface area contributed by atoms with Crippen LogP contribution in [0.4, 0.5) is 0 Å². The van der Waals surface area contributed by atoms with Crippen molar-refractivity contribution in [2.24, 2.45) is 0 Å². The number of hydrogen-bond donors (Lipinski definition) is 0. The highest BCUT2D eigenvalue weighted by atomic mass is 14.2. The van der Waals surface area contributed by atoms with E-state index in [0.29, 0.717) is 0 Å². The Hall–Kier alpha value is -5.46. The van der Waals surface area contributed by atoms with Crippen molar-refractivity contribution in [3.05, 3.63) is 175 Å². The Morgan fingerprint density at radius 1 is 0.372 bits per heavy atom. The van der Waals surface area contributed by atoms with Gasteiger partial charge in [-0.3, -0.25) is 0 Å². The molecule has 0 fully saturated rings. The molecule has 0 spiro atoms. The van der Waals surface area contributed by atoms with Gasteiger partial charge in [0.25, 0.3) is 0 Å². The van der Waals surface area contributed by atoms with Crippen LogP contribution in [0, 0.1) is 0 Å². The van der Waals surface area contributed by atoms with Crippen LogP contribution in [0.2, 0.25) is 0 Å². The molecule has 7 aromatic carbocycles. The Kier molecular flexibility index (Phi) is 6.31. The Morgan fingerprint density at radius 2 is 1.00 bits per heavy atom. The zero-order valence-electron chi connectivity index (χ0n) is 23.9. The van der Waals surface area contributed by atoms with Crippen molar-refractivity contribution in [1.29, 1.82) is 0 Å². The molecule has 43 heavy (non-hydrogen) atoms. The summed E-state index contributed by atoms with van der Waals surface area (Å²) in [6, 6.07) is 51.3. The van der Waals surface area contributed by atoms with Crippen molar-refractivity contribution in [2.75, 3.05) is 0 Å². The fourth-order valence-electron chi connectivity index (χ4n) is 6.56. The molecule has 8 rings (SSSR count). The van der Waals surface area contributed by atoms with Gasteiger partial charge in [0.05, 0.1) is 0 Å². The van der Waals surface area contributed by atoms with Crippen molar-refractivity contribution in [2.45, 2.75) is 6.42 Å². The fraction of sp³-hybridized carbons (Fsp3) is 0.0233. The van der Waals surface area contributed by atoms with E-state index in [0.717, 1.165) is 6.42 Å². The minimum atomic E-state index is 0.977. The maximum Gasteiger partial charge on any atom is -0.00259 e. The predicted octanol–water partition coefficient (Wildman–Crippen LogP) is 12.0. The summed E-state index contributed by atoms with van der Waals surface area (Å²) in [5.74, 6) is 0. The zero-order chi connectivity index (χ0) is 28.6. The molecule has 0 radical (unpaired) electrons. The van der Waals surface area contributed by atoms with E-state index in [9.17, 15) is 0 Å². The van der Waals surface area contributed by atoms with Crippen LogP contribution in [0.15, 0.2) is 170 Å². The quantitative estimate of drug-likeness (QED) is 0.193. The molecule has 0 saturated heterocycles. The molecule has 0 atom stereocenters. The largest absolute Gasteiger partial charge is 0.0807 e. The molecule has 0 heterocycles. The van der Waals surface area contributed by atoms with E-state index >= 15 is 0 Å². The molecule has 0 N–H and O–H groups in total. The van der Waals surface area contributed by atoms with Gasteiger partial charge < -0.3 is 0 Å². The zero-order valence-corrected chi connectivity index (χ0v) is 23.9. The van der Waals surface area contributed by atoms with E-state index in [2.05, 4.69) is 170 Å². The fourth-order valence-corrected chi connectivity index (χ4v) is 6.56. The molecule has 7 aromatic rings. The SMILES string of the molecule is C1=CCC=CC(c2ccc(-c3c4ccccc4c(-c4ccc5ccccc5c4)c4cc(-c5ccccc5)ccc34)cc2)=C1. The van der Waals surface area contributed by atoms with Crippen LogP contribution in [0.1, 0.15) is 12.0 Å². The van der Waals surface area contributed by atoms with Crippen LogP contribution < -0.4 is 0 Å². The maximum absolute atomic E-state index is 2.40. The topological polar surface area (TPSA) is 0 Å². The third-order valence-corrected chi connectivity index (χ3v) is 8.66. The molecule has 1 aliphatic rings. The molecule has 0 saturated carbocycles. The van der Waals surface area contributed by atoms with Gasteiger partial charge in [0.15, 0.2) is 0 Å². The van der Waals surface area contributed by atoms with Crippen LogP contribution in [0.5, 0.6) is 0 Å². The van der Waals surface area contributed by atoms with Crippen LogP contribution in [0.25, 0.3) is 71.3 Å². The lowest BCUT2D eigenvalue weighted by atomic mass is 9.84. The monoisotopic (exact) mass is 546 g/mol. The van der Waals surface area contributed by atoms with Crippen molar-refractivity contribution in [3.63, 3.8) is 0 Å². The van der Waals surface area contributed by atoms with Crippen LogP contribution in [0.3, 0.4) is 0 Å². The second-order valence-corrected chi connectivity index (χ2v) is 11.2. The molecule has 0 aromatic heterocycles. The van der Waals surface area contributed by atoms with Gasteiger partial charge in [0.2, 0.25) is 0 Å². The summed E-state index contributed by atoms with van der Waals surface area (Å²) >= 11 is 0. The summed E-state index contributed by atoms with van der Waals surface area (Å²) < 4.78 is 0. The average Bonchev–Trinajstić information content (AvgIpc) is 3.37. The van der Waals surface area contributed by atoms with Crippen molar-refractivity contribution >= 4 is 37.9 Å². The first kappa shape index (κ1) is 25.3. The highest BCUT2D eigenvalue weighted by Crippen LogP contribution is 2.45. The van der Waals surface area contributed by atoms with Crippen molar-refractivity contribution < 1.29 is 0 Å². The Labute approximate surface area is 252 Å². The Morgan fingerprint density at radius 3 is 1.81 bits per heavy atom. The summed E-state index contributed by atoms with van der Waals surface area (Å²) in [4.78, 5) is 0. The number of fused-ring (bicyclic) bond motifs is 3. The van der Waals surface area contributed by atoms with Gasteiger partial charge in [-0.1, -0.05) is 158 Å². The van der Waals surface area contributed by atoms with E-state index in [1.807, 2.05) is 0 Å². The number of rotatable bonds is 4. The van der Waals surface area contributed by atoms with Gasteiger partial charge in [0, 0.05) is 0 Å². The first-order chi connectivity index (χ1) is 21.3. The number of benzene rings is 7. The third-order valence-electron chi connectivity index (χ3n) is 8.66. The second-order valence-electron chi connectivity index (χ2n) is 11.2. The van der Waals surface area contributed by atoms with Crippen LogP contribution >= 0.6 is 0 Å². The first-order valence-electron chi connectivity index (χ1n) is 15.0. The second kappa shape index (κ2) is 10.7. The Bertz CT molecular complexity index is 2230. The summed E-state index contributed by atoms with van der Waals surface area (Å²) in [5.41, 5.74) is 9.98. The third kappa shape index (κ3) is 4.58. The lowest BCUT2D eigenvalue weighted by molar-refractivity contribution is 1.41. The summed E-state index contributed by atoms with van der Waals surface area (Å²) in [6.07, 6.45) is 12.0. The van der Waals surface area contributed by atoms with E-state index in [4.69, 9.17) is 0 Å². The van der Waals surface area contributed by atoms with Gasteiger partial charge in [-0.05, 0) is 95.4 Å². The highest BCUT2D eigenvalue weighted by molar-refractivity contribution is 6.22. The summed E-state index contributed by atoms with van der Waals surface area (Å²) in [5, 5.41) is 7.60. The minimum absolute atomic E-state index is 0.977. The molecule has 0 nitrogen and oxygen atoms in total. The van der Waals surface area contributed by atoms with Gasteiger partial charge in [-0.25, -0.2) is 0 Å². The predicted molar refractivity (Wildman–Crippen MR) is 186 cm³/mol. The standard InChI is InChI=1S/C43H30/c1-2-5-13-30(12-4-1)33-20-23-34(24-21-33)42-38-18-10-11-19-39(38)43(37-25-22-32-16-8-9-17-35(32)28-37)41-29-36(26-27-40(41)42)31-14-6-3-7-15-31/h1,3-29H,2H2. The van der Waals surface area contributed by atoms with E-state index < -0.39 is 0 Å². The molecule has 0 bridgehead atoms. The molecule has 1 aliphatic carbocycles. The number of hydrogen-bond acceptors (Lipinski definition) is 0. The molecular weight excluding hydrogens is 516 g/mol. The summed E-state index contributed by atoms with van der Waals surface area (Å²) in [6.45, 7) is 0. The van der Waals surface area contributed by atoms with E-state index in [1.54, 1.807) is 0 Å². The molecule has 202 valence electrons. The lowest BCUT2D eigenvalue weighted by Gasteiger charge is -2.19. The van der Waals surface area contributed by atoms with Gasteiger partial charge in [-0.15, -0.1) is 0 Å². The molecule has 0 aliphatic heterocycles. The average molecular weight is 547 g/mol. The van der Waals surface area contributed by atoms with Gasteiger partial charge in [0.1, 0.15) is 0 Å². The van der Waals surface area contributed by atoms with Gasteiger partial charge >= 0.3 is 0 Å². The Balaban J connectivity index is 1.42. The van der Waals surface area contributed by atoms with E-state index in [-0.39, 0.29) is 0 Å². The summed E-state index contributed by atoms with van der Waals surface area (Å²) in [7, 11) is 0. The first-order valence-corrected chi connectivity index (χ1v) is 15.0. The molecular formula is C43H30.